The van der Waals surface area contributed by atoms with Gasteiger partial charge in [-0.25, -0.2) is 13.8 Å². The zero-order chi connectivity index (χ0) is 18.3. The molecular weight excluding hydrogens is 364 g/mol. The standard InChI is InChI=1S/C9H6ClFN4O2.C2HF3O2/c10-7(11)9(16)13-8-6(14-17-15-8)5-3-1-2-4-12-5;3-2(4,5)1(6)7/h1-4,7H,(H,13,15,16);(H,6,7). The molecule has 2 aromatic rings. The van der Waals surface area contributed by atoms with E-state index < -0.39 is 23.7 Å². The van der Waals surface area contributed by atoms with Gasteiger partial charge in [0.1, 0.15) is 0 Å². The van der Waals surface area contributed by atoms with Crippen molar-refractivity contribution in [3.05, 3.63) is 24.4 Å². The van der Waals surface area contributed by atoms with Gasteiger partial charge in [0.15, 0.2) is 5.69 Å². The lowest BCUT2D eigenvalue weighted by Gasteiger charge is -2.01. The van der Waals surface area contributed by atoms with Gasteiger partial charge in [-0.05, 0) is 22.4 Å². The van der Waals surface area contributed by atoms with Crippen LogP contribution in [-0.4, -0.2) is 44.1 Å². The Bertz CT molecular complexity index is 693. The second-order valence-corrected chi connectivity index (χ2v) is 4.15. The lowest BCUT2D eigenvalue weighted by Crippen LogP contribution is -2.21. The van der Waals surface area contributed by atoms with Crippen LogP contribution in [0.3, 0.4) is 0 Å². The van der Waals surface area contributed by atoms with Crippen molar-refractivity contribution in [1.82, 2.24) is 15.3 Å². The van der Waals surface area contributed by atoms with E-state index in [9.17, 15) is 22.4 Å². The van der Waals surface area contributed by atoms with Crippen LogP contribution in [0.2, 0.25) is 0 Å². The molecule has 0 spiro atoms. The summed E-state index contributed by atoms with van der Waals surface area (Å²) in [6.07, 6.45) is -3.55. The van der Waals surface area contributed by atoms with Crippen LogP contribution < -0.4 is 5.32 Å². The number of aromatic nitrogens is 3. The molecule has 1 atom stereocenters. The van der Waals surface area contributed by atoms with Gasteiger partial charge in [0.25, 0.3) is 11.5 Å². The smallest absolute Gasteiger partial charge is 0.475 e. The molecule has 1 amide bonds. The maximum Gasteiger partial charge on any atom is 0.490 e. The normalized spacial score (nSPS) is 11.9. The van der Waals surface area contributed by atoms with Crippen molar-refractivity contribution in [2.24, 2.45) is 0 Å². The van der Waals surface area contributed by atoms with Crippen molar-refractivity contribution in [3.8, 4) is 11.4 Å². The van der Waals surface area contributed by atoms with E-state index >= 15 is 0 Å². The van der Waals surface area contributed by atoms with Gasteiger partial charge in [0.2, 0.25) is 5.82 Å². The Kier molecular flexibility index (Phi) is 6.58. The summed E-state index contributed by atoms with van der Waals surface area (Å²) in [4.78, 5) is 23.9. The molecule has 2 heterocycles. The molecular formula is C11H7ClF4N4O4. The summed E-state index contributed by atoms with van der Waals surface area (Å²) in [5, 5.41) is 16.3. The van der Waals surface area contributed by atoms with E-state index in [1.807, 2.05) is 0 Å². The summed E-state index contributed by atoms with van der Waals surface area (Å²) in [5.41, 5.74) is -1.52. The van der Waals surface area contributed by atoms with Gasteiger partial charge in [-0.3, -0.25) is 9.78 Å². The molecule has 0 aliphatic heterocycles. The number of pyridine rings is 1. The van der Waals surface area contributed by atoms with E-state index in [0.717, 1.165) is 0 Å². The van der Waals surface area contributed by atoms with Gasteiger partial charge < -0.3 is 10.4 Å². The number of halogens is 5. The molecule has 0 aliphatic rings. The number of nitrogens with one attached hydrogen (secondary N) is 1. The maximum atomic E-state index is 12.5. The lowest BCUT2D eigenvalue weighted by molar-refractivity contribution is -0.192. The largest absolute Gasteiger partial charge is 0.490 e. The quantitative estimate of drug-likeness (QED) is 0.628. The highest BCUT2D eigenvalue weighted by Gasteiger charge is 2.38. The molecule has 0 fully saturated rings. The molecule has 0 radical (unpaired) electrons. The number of nitrogens with zero attached hydrogens (tertiary/aromatic N) is 3. The zero-order valence-electron chi connectivity index (χ0n) is 11.3. The first-order chi connectivity index (χ1) is 11.1. The fourth-order valence-corrected chi connectivity index (χ4v) is 1.17. The summed E-state index contributed by atoms with van der Waals surface area (Å²) in [6.45, 7) is 0. The second-order valence-electron chi connectivity index (χ2n) is 3.77. The van der Waals surface area contributed by atoms with Gasteiger partial charge in [0.05, 0.1) is 5.69 Å². The molecule has 1 unspecified atom stereocenters. The van der Waals surface area contributed by atoms with Crippen molar-refractivity contribution in [1.29, 1.82) is 0 Å². The van der Waals surface area contributed by atoms with Crippen LogP contribution in [0.15, 0.2) is 29.0 Å². The minimum Gasteiger partial charge on any atom is -0.475 e. The summed E-state index contributed by atoms with van der Waals surface area (Å²) >= 11 is 4.97. The Labute approximate surface area is 135 Å². The average molecular weight is 371 g/mol. The van der Waals surface area contributed by atoms with Crippen LogP contribution in [-0.2, 0) is 9.59 Å². The molecule has 130 valence electrons. The molecule has 0 saturated heterocycles. The minimum absolute atomic E-state index is 0.0306. The van der Waals surface area contributed by atoms with Crippen LogP contribution in [0.4, 0.5) is 23.4 Å². The number of aliphatic carboxylic acids is 1. The Hall–Kier alpha value is -2.76. The van der Waals surface area contributed by atoms with E-state index in [-0.39, 0.29) is 11.5 Å². The zero-order valence-corrected chi connectivity index (χ0v) is 12.0. The van der Waals surface area contributed by atoms with Gasteiger partial charge in [0, 0.05) is 6.20 Å². The maximum absolute atomic E-state index is 12.5. The third kappa shape index (κ3) is 5.79. The number of hydrogen-bond donors (Lipinski definition) is 2. The Balaban J connectivity index is 0.000000351. The highest BCUT2D eigenvalue weighted by atomic mass is 35.5. The molecule has 0 saturated carbocycles. The van der Waals surface area contributed by atoms with Crippen LogP contribution >= 0.6 is 11.6 Å². The Morgan fingerprint density at radius 1 is 1.29 bits per heavy atom. The summed E-state index contributed by atoms with van der Waals surface area (Å²) in [6, 6.07) is 5.08. The van der Waals surface area contributed by atoms with Crippen molar-refractivity contribution in [2.75, 3.05) is 5.32 Å². The minimum atomic E-state index is -5.08. The molecule has 0 aliphatic carbocycles. The third-order valence-corrected chi connectivity index (χ3v) is 2.28. The third-order valence-electron chi connectivity index (χ3n) is 2.08. The topological polar surface area (TPSA) is 118 Å². The van der Waals surface area contributed by atoms with E-state index in [4.69, 9.17) is 21.5 Å². The predicted molar refractivity (Wildman–Crippen MR) is 70.6 cm³/mol. The van der Waals surface area contributed by atoms with Gasteiger partial charge in [-0.15, -0.1) is 0 Å². The summed E-state index contributed by atoms with van der Waals surface area (Å²) < 4.78 is 48.7. The number of carbonyl (C=O) groups is 2. The van der Waals surface area contributed by atoms with Crippen molar-refractivity contribution >= 4 is 29.3 Å². The van der Waals surface area contributed by atoms with Crippen molar-refractivity contribution in [2.45, 2.75) is 11.8 Å². The second kappa shape index (κ2) is 8.19. The van der Waals surface area contributed by atoms with Crippen LogP contribution in [0.25, 0.3) is 11.4 Å². The fourth-order valence-electron chi connectivity index (χ4n) is 1.11. The van der Waals surface area contributed by atoms with E-state index in [1.54, 1.807) is 18.2 Å². The lowest BCUT2D eigenvalue weighted by atomic mass is 10.3. The van der Waals surface area contributed by atoms with Crippen LogP contribution in [0.1, 0.15) is 0 Å². The molecule has 13 heteroatoms. The SMILES string of the molecule is O=C(Nc1nonc1-c1ccccn1)C(F)Cl.O=C(O)C(F)(F)F. The predicted octanol–water partition coefficient (Wildman–Crippen LogP) is 2.24. The van der Waals surface area contributed by atoms with Crippen molar-refractivity contribution < 1.29 is 36.9 Å². The molecule has 0 bridgehead atoms. The molecule has 2 aromatic heterocycles. The van der Waals surface area contributed by atoms with Gasteiger partial charge in [-0.2, -0.15) is 13.2 Å². The number of carbonyl (C=O) groups excluding carboxylic acids is 1. The molecule has 24 heavy (non-hydrogen) atoms. The Morgan fingerprint density at radius 2 is 1.92 bits per heavy atom. The monoisotopic (exact) mass is 370 g/mol. The number of carboxylic acids is 1. The average Bonchev–Trinajstić information content (AvgIpc) is 2.95. The number of amides is 1. The van der Waals surface area contributed by atoms with E-state index in [1.165, 1.54) is 6.20 Å². The fraction of sp³-hybridized carbons (Fsp3) is 0.182. The van der Waals surface area contributed by atoms with Crippen LogP contribution in [0, 0.1) is 0 Å². The highest BCUT2D eigenvalue weighted by Crippen LogP contribution is 2.22. The molecule has 0 aromatic carbocycles. The first-order valence-corrected chi connectivity index (χ1v) is 6.19. The number of rotatable bonds is 3. The van der Waals surface area contributed by atoms with Gasteiger partial charge >= 0.3 is 12.1 Å². The molecule has 2 rings (SSSR count). The van der Waals surface area contributed by atoms with E-state index in [0.29, 0.717) is 5.69 Å². The summed E-state index contributed by atoms with van der Waals surface area (Å²) in [7, 11) is 0. The van der Waals surface area contributed by atoms with Crippen molar-refractivity contribution in [3.63, 3.8) is 0 Å². The highest BCUT2D eigenvalue weighted by molar-refractivity contribution is 6.31. The first-order valence-electron chi connectivity index (χ1n) is 5.76. The van der Waals surface area contributed by atoms with Crippen LogP contribution in [0.5, 0.6) is 0 Å². The van der Waals surface area contributed by atoms with E-state index in [2.05, 4.69) is 25.2 Å². The first kappa shape index (κ1) is 19.3. The number of hydrogen-bond acceptors (Lipinski definition) is 6. The summed E-state index contributed by atoms with van der Waals surface area (Å²) in [5.74, 6) is -3.83. The number of carboxylic acid groups (broad SMARTS) is 1. The Morgan fingerprint density at radius 3 is 2.38 bits per heavy atom. The van der Waals surface area contributed by atoms with Gasteiger partial charge in [-0.1, -0.05) is 17.7 Å². The number of anilines is 1. The molecule has 8 nitrogen and oxygen atoms in total. The number of alkyl halides is 5. The molecule has 2 N–H and O–H groups in total.